The topological polar surface area (TPSA) is 97.5 Å². The number of amides is 1. The molecule has 1 aliphatic rings. The molecule has 0 spiro atoms. The van der Waals surface area contributed by atoms with E-state index < -0.39 is 23.7 Å². The zero-order chi connectivity index (χ0) is 31.2. The number of halogens is 3. The summed E-state index contributed by atoms with van der Waals surface area (Å²) in [4.78, 5) is 15.6. The van der Waals surface area contributed by atoms with Gasteiger partial charge in [-0.05, 0) is 61.7 Å². The first-order chi connectivity index (χ1) is 21.0. The number of hydrogen-bond acceptors (Lipinski definition) is 6. The Labute approximate surface area is 252 Å². The number of nitrogens with one attached hydrogen (secondary N) is 1. The average Bonchev–Trinajstić information content (AvgIpc) is 3.53. The first kappa shape index (κ1) is 29.7. The molecule has 0 bridgehead atoms. The number of likely N-dealkylation sites (tertiary alicyclic amines) is 1. The van der Waals surface area contributed by atoms with Gasteiger partial charge in [0.1, 0.15) is 17.1 Å². The van der Waals surface area contributed by atoms with Gasteiger partial charge in [0.2, 0.25) is 5.91 Å². The number of benzene rings is 3. The van der Waals surface area contributed by atoms with Crippen LogP contribution in [0.2, 0.25) is 0 Å². The molecule has 44 heavy (non-hydrogen) atoms. The van der Waals surface area contributed by atoms with Crippen LogP contribution < -0.4 is 11.1 Å². The highest BCUT2D eigenvalue weighted by Gasteiger charge is 2.38. The lowest BCUT2D eigenvalue weighted by atomic mass is 9.92. The molecular formula is C34H33F3N4O3. The molecule has 6 rings (SSSR count). The second-order valence-electron chi connectivity index (χ2n) is 11.6. The van der Waals surface area contributed by atoms with Crippen LogP contribution in [0.5, 0.6) is 0 Å². The van der Waals surface area contributed by atoms with E-state index in [2.05, 4.69) is 15.4 Å². The van der Waals surface area contributed by atoms with Crippen molar-refractivity contribution in [2.75, 3.05) is 13.1 Å². The number of fused-ring (bicyclic) bond motifs is 1. The SMILES string of the molecule is Cc1ccc(C(NC(=O)Cc2ccc3oc(C(c4c(C)noc4C)N4CC(N)C4)cc3c2)c2ccccc2)c(C(F)(F)F)c1. The third-order valence-corrected chi connectivity index (χ3v) is 8.16. The van der Waals surface area contributed by atoms with Crippen LogP contribution in [0, 0.1) is 20.8 Å². The summed E-state index contributed by atoms with van der Waals surface area (Å²) in [6.07, 6.45) is -4.60. The van der Waals surface area contributed by atoms with Gasteiger partial charge in [-0.1, -0.05) is 59.3 Å². The highest BCUT2D eigenvalue weighted by Crippen LogP contribution is 2.39. The van der Waals surface area contributed by atoms with Crippen molar-refractivity contribution in [3.05, 3.63) is 123 Å². The van der Waals surface area contributed by atoms with E-state index in [4.69, 9.17) is 14.7 Å². The molecule has 3 N–H and O–H groups in total. The standard InChI is InChI=1S/C34H33F3N4O3/c1-19-9-11-26(27(13-19)34(35,36)37)32(23-7-5-4-6-8-23)39-30(42)15-22-10-12-28-24(14-22)16-29(43-28)33(41-17-25(38)18-41)31-20(2)40-44-21(31)3/h4-14,16,25,32-33H,15,17-18,38H2,1-3H3,(H,39,42). The minimum Gasteiger partial charge on any atom is -0.459 e. The maximum Gasteiger partial charge on any atom is 0.416 e. The van der Waals surface area contributed by atoms with Gasteiger partial charge in [-0.2, -0.15) is 13.2 Å². The number of aromatic nitrogens is 1. The van der Waals surface area contributed by atoms with Gasteiger partial charge in [0.25, 0.3) is 0 Å². The van der Waals surface area contributed by atoms with Crippen LogP contribution in [-0.2, 0) is 17.4 Å². The van der Waals surface area contributed by atoms with Gasteiger partial charge in [-0.3, -0.25) is 9.69 Å². The van der Waals surface area contributed by atoms with Crippen LogP contribution >= 0.6 is 0 Å². The molecule has 0 saturated carbocycles. The Bertz CT molecular complexity index is 1790. The predicted octanol–water partition coefficient (Wildman–Crippen LogP) is 6.55. The van der Waals surface area contributed by atoms with E-state index >= 15 is 0 Å². The van der Waals surface area contributed by atoms with Crippen molar-refractivity contribution in [2.45, 2.75) is 51.5 Å². The quantitative estimate of drug-likeness (QED) is 0.209. The molecule has 2 atom stereocenters. The number of rotatable bonds is 8. The summed E-state index contributed by atoms with van der Waals surface area (Å²) in [5.41, 5.74) is 9.44. The Morgan fingerprint density at radius 1 is 1.05 bits per heavy atom. The van der Waals surface area contributed by atoms with E-state index in [0.29, 0.717) is 46.9 Å². The second kappa shape index (κ2) is 11.6. The molecule has 1 aliphatic heterocycles. The minimum absolute atomic E-state index is 0.00587. The number of hydrogen-bond donors (Lipinski definition) is 2. The van der Waals surface area contributed by atoms with Crippen LogP contribution in [0.1, 0.15) is 62.7 Å². The fourth-order valence-corrected chi connectivity index (χ4v) is 6.05. The van der Waals surface area contributed by atoms with E-state index in [0.717, 1.165) is 22.7 Å². The molecule has 5 aromatic rings. The Balaban J connectivity index is 1.28. The normalized spacial score (nSPS) is 15.7. The number of nitrogens with zero attached hydrogens (tertiary/aromatic N) is 2. The number of carbonyl (C=O) groups excluding carboxylic acids is 1. The molecule has 1 amide bonds. The summed E-state index contributed by atoms with van der Waals surface area (Å²) in [5.74, 6) is 1.02. The molecule has 1 saturated heterocycles. The maximum atomic E-state index is 14.1. The Morgan fingerprint density at radius 2 is 1.80 bits per heavy atom. The molecule has 3 heterocycles. The number of carbonyl (C=O) groups is 1. The number of furan rings is 1. The highest BCUT2D eigenvalue weighted by atomic mass is 19.4. The molecule has 0 aliphatic carbocycles. The van der Waals surface area contributed by atoms with Gasteiger partial charge in [0.15, 0.2) is 0 Å². The molecule has 1 fully saturated rings. The van der Waals surface area contributed by atoms with Gasteiger partial charge >= 0.3 is 6.18 Å². The van der Waals surface area contributed by atoms with Crippen LogP contribution in [0.25, 0.3) is 11.0 Å². The zero-order valence-electron chi connectivity index (χ0n) is 24.6. The lowest BCUT2D eigenvalue weighted by Gasteiger charge is -2.41. The largest absolute Gasteiger partial charge is 0.459 e. The fraction of sp³-hybridized carbons (Fsp3) is 0.294. The first-order valence-corrected chi connectivity index (χ1v) is 14.4. The summed E-state index contributed by atoms with van der Waals surface area (Å²) < 4.78 is 54.0. The Morgan fingerprint density at radius 3 is 2.45 bits per heavy atom. The molecule has 2 unspecified atom stereocenters. The van der Waals surface area contributed by atoms with Crippen LogP contribution in [0.15, 0.2) is 81.7 Å². The van der Waals surface area contributed by atoms with Gasteiger partial charge in [0, 0.05) is 30.1 Å². The lowest BCUT2D eigenvalue weighted by molar-refractivity contribution is -0.138. The van der Waals surface area contributed by atoms with E-state index in [1.165, 1.54) is 6.07 Å². The van der Waals surface area contributed by atoms with E-state index in [1.54, 1.807) is 49.4 Å². The monoisotopic (exact) mass is 602 g/mol. The fourth-order valence-electron chi connectivity index (χ4n) is 6.05. The number of alkyl halides is 3. The van der Waals surface area contributed by atoms with Gasteiger partial charge in [0.05, 0.1) is 29.8 Å². The first-order valence-electron chi connectivity index (χ1n) is 14.4. The van der Waals surface area contributed by atoms with Crippen molar-refractivity contribution in [3.8, 4) is 0 Å². The molecule has 228 valence electrons. The van der Waals surface area contributed by atoms with Crippen LogP contribution in [0.4, 0.5) is 13.2 Å². The summed E-state index contributed by atoms with van der Waals surface area (Å²) in [6, 6.07) is 19.2. The molecule has 0 radical (unpaired) electrons. The highest BCUT2D eigenvalue weighted by molar-refractivity contribution is 5.83. The van der Waals surface area contributed by atoms with Crippen LogP contribution in [0.3, 0.4) is 0 Å². The molecular weight excluding hydrogens is 569 g/mol. The number of aryl methyl sites for hydroxylation is 3. The second-order valence-corrected chi connectivity index (χ2v) is 11.6. The van der Waals surface area contributed by atoms with Crippen molar-refractivity contribution in [1.82, 2.24) is 15.4 Å². The third-order valence-electron chi connectivity index (χ3n) is 8.16. The Kier molecular flexibility index (Phi) is 7.81. The maximum absolute atomic E-state index is 14.1. The van der Waals surface area contributed by atoms with Crippen molar-refractivity contribution in [3.63, 3.8) is 0 Å². The smallest absolute Gasteiger partial charge is 0.416 e. The van der Waals surface area contributed by atoms with Crippen molar-refractivity contribution in [1.29, 1.82) is 0 Å². The summed E-state index contributed by atoms with van der Waals surface area (Å²) in [7, 11) is 0. The van der Waals surface area contributed by atoms with E-state index in [1.807, 2.05) is 32.0 Å². The predicted molar refractivity (Wildman–Crippen MR) is 160 cm³/mol. The number of nitrogens with two attached hydrogens (primary N) is 1. The van der Waals surface area contributed by atoms with Crippen molar-refractivity contribution in [2.24, 2.45) is 5.73 Å². The van der Waals surface area contributed by atoms with Gasteiger partial charge < -0.3 is 20.0 Å². The van der Waals surface area contributed by atoms with Crippen LogP contribution in [-0.4, -0.2) is 35.1 Å². The minimum atomic E-state index is -4.58. The molecule has 7 nitrogen and oxygen atoms in total. The van der Waals surface area contributed by atoms with Crippen molar-refractivity contribution < 1.29 is 26.9 Å². The zero-order valence-corrected chi connectivity index (χ0v) is 24.6. The third kappa shape index (κ3) is 5.87. The summed E-state index contributed by atoms with van der Waals surface area (Å²) >= 11 is 0. The van der Waals surface area contributed by atoms with E-state index in [-0.39, 0.29) is 24.1 Å². The lowest BCUT2D eigenvalue weighted by Crippen LogP contribution is -2.56. The summed E-state index contributed by atoms with van der Waals surface area (Å²) in [6.45, 7) is 6.79. The Hall–Kier alpha value is -4.41. The molecule has 10 heteroatoms. The average molecular weight is 603 g/mol. The van der Waals surface area contributed by atoms with Gasteiger partial charge in [-0.15, -0.1) is 0 Å². The molecule has 3 aromatic carbocycles. The van der Waals surface area contributed by atoms with Crippen molar-refractivity contribution >= 4 is 16.9 Å². The summed E-state index contributed by atoms with van der Waals surface area (Å²) in [5, 5.41) is 7.81. The molecule has 2 aromatic heterocycles. The van der Waals surface area contributed by atoms with E-state index in [9.17, 15) is 18.0 Å². The van der Waals surface area contributed by atoms with Gasteiger partial charge in [-0.25, -0.2) is 0 Å².